The van der Waals surface area contributed by atoms with Crippen LogP contribution in [0.5, 0.6) is 11.5 Å². The maximum Gasteiger partial charge on any atom is 0.129 e. The predicted octanol–water partition coefficient (Wildman–Crippen LogP) is 4.08. The van der Waals surface area contributed by atoms with Gasteiger partial charge in [0.15, 0.2) is 0 Å². The van der Waals surface area contributed by atoms with Crippen LogP contribution in [0.4, 0.5) is 0 Å². The van der Waals surface area contributed by atoms with Gasteiger partial charge in [-0.1, -0.05) is 33.6 Å². The third-order valence-corrected chi connectivity index (χ3v) is 4.15. The normalized spacial score (nSPS) is 12.9. The standard InChI is InChI=1S/C16H15BrClNO2/c17-13-5-10-3-4-20-16(10)12(6-13)9-21-15-7-14(18)2-1-11(15)8-19/h1-2,5-7H,3-4,8-9,19H2. The predicted molar refractivity (Wildman–Crippen MR) is 87.0 cm³/mol. The van der Waals surface area contributed by atoms with Gasteiger partial charge in [0.1, 0.15) is 18.1 Å². The zero-order valence-electron chi connectivity index (χ0n) is 11.4. The number of ether oxygens (including phenoxy) is 2. The number of rotatable bonds is 4. The summed E-state index contributed by atoms with van der Waals surface area (Å²) in [6, 6.07) is 9.62. The molecule has 0 radical (unpaired) electrons. The molecule has 0 fully saturated rings. The van der Waals surface area contributed by atoms with E-state index in [1.807, 2.05) is 18.2 Å². The molecule has 3 nitrogen and oxygen atoms in total. The summed E-state index contributed by atoms with van der Waals surface area (Å²) in [4.78, 5) is 0. The zero-order valence-corrected chi connectivity index (χ0v) is 13.7. The van der Waals surface area contributed by atoms with Crippen LogP contribution < -0.4 is 15.2 Å². The Balaban J connectivity index is 1.84. The molecule has 0 unspecified atom stereocenters. The summed E-state index contributed by atoms with van der Waals surface area (Å²) < 4.78 is 12.6. The molecule has 3 rings (SSSR count). The smallest absolute Gasteiger partial charge is 0.129 e. The van der Waals surface area contributed by atoms with Crippen LogP contribution in [0.1, 0.15) is 16.7 Å². The Morgan fingerprint density at radius 1 is 1.24 bits per heavy atom. The van der Waals surface area contributed by atoms with Gasteiger partial charge in [-0.15, -0.1) is 0 Å². The van der Waals surface area contributed by atoms with Crippen LogP contribution in [0.3, 0.4) is 0 Å². The van der Waals surface area contributed by atoms with Gasteiger partial charge in [0.25, 0.3) is 0 Å². The quantitative estimate of drug-likeness (QED) is 0.884. The number of hydrogen-bond acceptors (Lipinski definition) is 3. The average Bonchev–Trinajstić information content (AvgIpc) is 2.93. The van der Waals surface area contributed by atoms with Gasteiger partial charge < -0.3 is 15.2 Å². The molecular weight excluding hydrogens is 354 g/mol. The molecule has 0 aromatic heterocycles. The molecular formula is C16H15BrClNO2. The number of nitrogens with two attached hydrogens (primary N) is 1. The highest BCUT2D eigenvalue weighted by Crippen LogP contribution is 2.34. The first kappa shape index (κ1) is 14.7. The van der Waals surface area contributed by atoms with Gasteiger partial charge in [-0.3, -0.25) is 0 Å². The Hall–Kier alpha value is -1.23. The largest absolute Gasteiger partial charge is 0.493 e. The van der Waals surface area contributed by atoms with Crippen LogP contribution >= 0.6 is 27.5 Å². The van der Waals surface area contributed by atoms with E-state index < -0.39 is 0 Å². The number of fused-ring (bicyclic) bond motifs is 1. The second-order valence-corrected chi connectivity index (χ2v) is 6.25. The van der Waals surface area contributed by atoms with Gasteiger partial charge in [0, 0.05) is 33.6 Å². The van der Waals surface area contributed by atoms with Gasteiger partial charge in [-0.2, -0.15) is 0 Å². The van der Waals surface area contributed by atoms with E-state index in [4.69, 9.17) is 26.8 Å². The fourth-order valence-electron chi connectivity index (χ4n) is 2.44. The van der Waals surface area contributed by atoms with Crippen LogP contribution in [0, 0.1) is 0 Å². The van der Waals surface area contributed by atoms with Crippen molar-refractivity contribution in [1.29, 1.82) is 0 Å². The molecule has 0 saturated carbocycles. The van der Waals surface area contributed by atoms with E-state index in [0.29, 0.717) is 18.2 Å². The van der Waals surface area contributed by atoms with Gasteiger partial charge in [0.05, 0.1) is 6.61 Å². The van der Waals surface area contributed by atoms with Crippen molar-refractivity contribution in [1.82, 2.24) is 0 Å². The van der Waals surface area contributed by atoms with Crippen LogP contribution in [0.2, 0.25) is 5.02 Å². The number of halogens is 2. The zero-order chi connectivity index (χ0) is 14.8. The molecule has 0 atom stereocenters. The second-order valence-electron chi connectivity index (χ2n) is 4.90. The average molecular weight is 369 g/mol. The minimum Gasteiger partial charge on any atom is -0.493 e. The lowest BCUT2D eigenvalue weighted by atomic mass is 10.1. The molecule has 1 aliphatic rings. The molecule has 2 aromatic rings. The van der Waals surface area contributed by atoms with E-state index in [0.717, 1.165) is 40.1 Å². The second kappa shape index (κ2) is 6.26. The van der Waals surface area contributed by atoms with Gasteiger partial charge >= 0.3 is 0 Å². The van der Waals surface area contributed by atoms with Crippen molar-refractivity contribution >= 4 is 27.5 Å². The molecule has 0 spiro atoms. The fraction of sp³-hybridized carbons (Fsp3) is 0.250. The van der Waals surface area contributed by atoms with Crippen molar-refractivity contribution in [2.24, 2.45) is 5.73 Å². The lowest BCUT2D eigenvalue weighted by Gasteiger charge is -2.13. The molecule has 1 aliphatic heterocycles. The van der Waals surface area contributed by atoms with Gasteiger partial charge in [-0.25, -0.2) is 0 Å². The Morgan fingerprint density at radius 3 is 2.90 bits per heavy atom. The van der Waals surface area contributed by atoms with Crippen molar-refractivity contribution in [3.05, 3.63) is 56.5 Å². The molecule has 0 saturated heterocycles. The topological polar surface area (TPSA) is 44.5 Å². The SMILES string of the molecule is NCc1ccc(Cl)cc1OCc1cc(Br)cc2c1OCC2. The van der Waals surface area contributed by atoms with E-state index >= 15 is 0 Å². The van der Waals surface area contributed by atoms with Crippen LogP contribution in [0.25, 0.3) is 0 Å². The maximum absolute atomic E-state index is 6.02. The van der Waals surface area contributed by atoms with E-state index in [1.165, 1.54) is 5.56 Å². The summed E-state index contributed by atoms with van der Waals surface area (Å²) in [5.41, 5.74) is 8.91. The summed E-state index contributed by atoms with van der Waals surface area (Å²) in [6.07, 6.45) is 0.937. The highest BCUT2D eigenvalue weighted by molar-refractivity contribution is 9.10. The summed E-state index contributed by atoms with van der Waals surface area (Å²) in [7, 11) is 0. The van der Waals surface area contributed by atoms with Crippen LogP contribution in [0.15, 0.2) is 34.8 Å². The Morgan fingerprint density at radius 2 is 2.10 bits per heavy atom. The number of benzene rings is 2. The summed E-state index contributed by atoms with van der Waals surface area (Å²) >= 11 is 9.55. The molecule has 0 bridgehead atoms. The van der Waals surface area contributed by atoms with E-state index in [2.05, 4.69) is 22.0 Å². The monoisotopic (exact) mass is 367 g/mol. The van der Waals surface area contributed by atoms with Crippen molar-refractivity contribution in [2.75, 3.05) is 6.61 Å². The van der Waals surface area contributed by atoms with Gasteiger partial charge in [0.2, 0.25) is 0 Å². The lowest BCUT2D eigenvalue weighted by Crippen LogP contribution is -2.04. The first-order valence-electron chi connectivity index (χ1n) is 6.73. The molecule has 21 heavy (non-hydrogen) atoms. The van der Waals surface area contributed by atoms with E-state index in [-0.39, 0.29) is 0 Å². The molecule has 0 aliphatic carbocycles. The molecule has 2 aromatic carbocycles. The minimum atomic E-state index is 0.416. The molecule has 5 heteroatoms. The summed E-state index contributed by atoms with van der Waals surface area (Å²) in [5.74, 6) is 1.66. The molecule has 2 N–H and O–H groups in total. The first-order valence-corrected chi connectivity index (χ1v) is 7.90. The Kier molecular flexibility index (Phi) is 4.38. The Bertz CT molecular complexity index is 676. The van der Waals surface area contributed by atoms with Crippen molar-refractivity contribution in [3.8, 4) is 11.5 Å². The number of hydrogen-bond donors (Lipinski definition) is 1. The van der Waals surface area contributed by atoms with Gasteiger partial charge in [-0.05, 0) is 29.8 Å². The first-order chi connectivity index (χ1) is 10.2. The van der Waals surface area contributed by atoms with Crippen LogP contribution in [-0.4, -0.2) is 6.61 Å². The van der Waals surface area contributed by atoms with Crippen molar-refractivity contribution in [3.63, 3.8) is 0 Å². The highest BCUT2D eigenvalue weighted by Gasteiger charge is 2.18. The fourth-order valence-corrected chi connectivity index (χ4v) is 3.15. The molecule has 110 valence electrons. The van der Waals surface area contributed by atoms with Crippen molar-refractivity contribution < 1.29 is 9.47 Å². The Labute approximate surface area is 137 Å². The minimum absolute atomic E-state index is 0.416. The summed E-state index contributed by atoms with van der Waals surface area (Å²) in [5, 5.41) is 0.637. The van der Waals surface area contributed by atoms with E-state index in [1.54, 1.807) is 6.07 Å². The third kappa shape index (κ3) is 3.18. The maximum atomic E-state index is 6.02. The summed E-state index contributed by atoms with van der Waals surface area (Å²) in [6.45, 7) is 1.57. The molecule has 1 heterocycles. The van der Waals surface area contributed by atoms with Crippen LogP contribution in [-0.2, 0) is 19.6 Å². The van der Waals surface area contributed by atoms with Crippen molar-refractivity contribution in [2.45, 2.75) is 19.6 Å². The lowest BCUT2D eigenvalue weighted by molar-refractivity contribution is 0.289. The van der Waals surface area contributed by atoms with E-state index in [9.17, 15) is 0 Å². The third-order valence-electron chi connectivity index (χ3n) is 3.46. The highest BCUT2D eigenvalue weighted by atomic mass is 79.9. The molecule has 0 amide bonds.